The van der Waals surface area contributed by atoms with E-state index in [1.54, 1.807) is 24.3 Å². The van der Waals surface area contributed by atoms with Crippen molar-refractivity contribution >= 4 is 23.2 Å². The Morgan fingerprint density at radius 3 is 2.42 bits per heavy atom. The predicted molar refractivity (Wildman–Crippen MR) is 154 cm³/mol. The van der Waals surface area contributed by atoms with Crippen LogP contribution in [0.25, 0.3) is 16.9 Å². The van der Waals surface area contributed by atoms with Crippen molar-refractivity contribution in [2.24, 2.45) is 17.6 Å². The first kappa shape index (κ1) is 32.0. The zero-order valence-electron chi connectivity index (χ0n) is 24.5. The van der Waals surface area contributed by atoms with Gasteiger partial charge in [0.05, 0.1) is 25.3 Å². The maximum absolute atomic E-state index is 14.0. The molecule has 1 fully saturated rings. The first-order valence-corrected chi connectivity index (χ1v) is 14.0. The van der Waals surface area contributed by atoms with Crippen molar-refractivity contribution in [3.8, 4) is 22.6 Å². The summed E-state index contributed by atoms with van der Waals surface area (Å²) in [6.07, 6.45) is -4.48. The van der Waals surface area contributed by atoms with E-state index in [-0.39, 0.29) is 30.5 Å². The van der Waals surface area contributed by atoms with Gasteiger partial charge in [-0.3, -0.25) is 19.3 Å². The molecule has 0 saturated heterocycles. The molecule has 1 saturated carbocycles. The fraction of sp³-hybridized carbons (Fsp3) is 0.387. The molecule has 3 aliphatic carbocycles. The minimum absolute atomic E-state index is 0.0258. The average molecular weight is 632 g/mol. The Hall–Kier alpha value is -4.40. The number of primary amides is 1. The first-order chi connectivity index (χ1) is 21.0. The number of alkyl halides is 3. The number of hydrogen-bond donors (Lipinski definition) is 6. The normalized spacial score (nSPS) is 24.8. The van der Waals surface area contributed by atoms with E-state index in [2.05, 4.69) is 5.32 Å². The Balaban J connectivity index is 1.66. The molecule has 0 aromatic heterocycles. The molecular formula is C31H32F3N3O8. The van der Waals surface area contributed by atoms with E-state index in [0.717, 1.165) is 0 Å². The van der Waals surface area contributed by atoms with Gasteiger partial charge in [-0.2, -0.15) is 13.2 Å². The molecule has 7 N–H and O–H groups in total. The van der Waals surface area contributed by atoms with Crippen molar-refractivity contribution in [2.45, 2.75) is 37.2 Å². The second-order valence-corrected chi connectivity index (χ2v) is 11.7. The summed E-state index contributed by atoms with van der Waals surface area (Å²) in [5.74, 6) is -7.27. The van der Waals surface area contributed by atoms with Crippen LogP contribution >= 0.6 is 0 Å². The van der Waals surface area contributed by atoms with Crippen molar-refractivity contribution in [1.29, 1.82) is 0 Å². The molecule has 2 aromatic carbocycles. The Morgan fingerprint density at radius 2 is 1.82 bits per heavy atom. The van der Waals surface area contributed by atoms with Crippen LogP contribution in [0.5, 0.6) is 11.5 Å². The molecule has 4 atom stereocenters. The number of ketones is 2. The lowest BCUT2D eigenvalue weighted by Gasteiger charge is -2.50. The Morgan fingerprint density at radius 1 is 1.13 bits per heavy atom. The number of carbonyl (C=O) groups excluding carboxylic acids is 3. The number of nitrogens with zero attached hydrogens (tertiary/aromatic N) is 1. The summed E-state index contributed by atoms with van der Waals surface area (Å²) >= 11 is 0. The maximum atomic E-state index is 14.0. The molecule has 3 aliphatic rings. The highest BCUT2D eigenvalue weighted by molar-refractivity contribution is 6.24. The number of amides is 1. The van der Waals surface area contributed by atoms with Gasteiger partial charge in [-0.1, -0.05) is 12.1 Å². The van der Waals surface area contributed by atoms with Crippen LogP contribution in [0.1, 0.15) is 23.1 Å². The largest absolute Gasteiger partial charge is 0.508 e. The van der Waals surface area contributed by atoms with Gasteiger partial charge >= 0.3 is 6.18 Å². The summed E-state index contributed by atoms with van der Waals surface area (Å²) in [4.78, 5) is 40.9. The second-order valence-electron chi connectivity index (χ2n) is 11.7. The molecule has 2 aromatic rings. The summed E-state index contributed by atoms with van der Waals surface area (Å²) in [5.41, 5.74) is 3.05. The van der Waals surface area contributed by atoms with Gasteiger partial charge in [-0.05, 0) is 67.7 Å². The summed E-state index contributed by atoms with van der Waals surface area (Å²) in [6, 6.07) is 6.38. The topological polar surface area (TPSA) is 183 Å². The molecule has 1 unspecified atom stereocenters. The summed E-state index contributed by atoms with van der Waals surface area (Å²) < 4.78 is 43.7. The number of halogens is 3. The number of nitrogens with two attached hydrogens (primary N) is 1. The van der Waals surface area contributed by atoms with Crippen molar-refractivity contribution < 1.29 is 52.7 Å². The van der Waals surface area contributed by atoms with Gasteiger partial charge in [0.2, 0.25) is 5.78 Å². The van der Waals surface area contributed by atoms with E-state index < -0.39 is 76.5 Å². The number of carbonyl (C=O) groups is 3. The van der Waals surface area contributed by atoms with Gasteiger partial charge in [-0.15, -0.1) is 0 Å². The van der Waals surface area contributed by atoms with Gasteiger partial charge in [0.1, 0.15) is 28.6 Å². The number of phenols is 1. The Labute approximate surface area is 255 Å². The number of ether oxygens (including phenoxy) is 1. The van der Waals surface area contributed by atoms with Crippen LogP contribution in [0.2, 0.25) is 0 Å². The fourth-order valence-electron chi connectivity index (χ4n) is 6.92. The number of nitrogens with one attached hydrogen (secondary N) is 1. The Kier molecular flexibility index (Phi) is 7.96. The summed E-state index contributed by atoms with van der Waals surface area (Å²) in [7, 11) is 4.42. The number of hydrogen-bond acceptors (Lipinski definition) is 10. The molecule has 0 heterocycles. The lowest BCUT2D eigenvalue weighted by molar-refractivity contribution is -0.153. The summed E-state index contributed by atoms with van der Waals surface area (Å²) in [5, 5.41) is 47.5. The molecule has 5 rings (SSSR count). The number of likely N-dealkylation sites (N-methyl/N-ethyl adjacent to an activating group) is 1. The molecule has 0 bridgehead atoms. The molecule has 14 heteroatoms. The number of aliphatic hydroxyl groups excluding tert-OH is 2. The predicted octanol–water partition coefficient (Wildman–Crippen LogP) is 2.29. The third-order valence-electron chi connectivity index (χ3n) is 8.81. The van der Waals surface area contributed by atoms with Crippen LogP contribution < -0.4 is 15.8 Å². The highest BCUT2D eigenvalue weighted by atomic mass is 19.4. The minimum Gasteiger partial charge on any atom is -0.508 e. The number of benzene rings is 2. The van der Waals surface area contributed by atoms with Crippen LogP contribution in [-0.4, -0.2) is 88.4 Å². The number of fused-ring (bicyclic) bond motifs is 3. The summed E-state index contributed by atoms with van der Waals surface area (Å²) in [6.45, 7) is -1.32. The quantitative estimate of drug-likeness (QED) is 0.248. The van der Waals surface area contributed by atoms with E-state index in [9.17, 15) is 48.0 Å². The van der Waals surface area contributed by atoms with Gasteiger partial charge in [0.15, 0.2) is 11.4 Å². The molecule has 11 nitrogen and oxygen atoms in total. The molecule has 0 aliphatic heterocycles. The number of Topliss-reactive ketones (excluding diaryl/α,β-unsaturated/α-hetero) is 2. The van der Waals surface area contributed by atoms with Crippen molar-refractivity contribution in [1.82, 2.24) is 10.2 Å². The molecule has 0 spiro atoms. The van der Waals surface area contributed by atoms with Crippen LogP contribution in [0.15, 0.2) is 47.2 Å². The zero-order chi connectivity index (χ0) is 33.2. The lowest BCUT2D eigenvalue weighted by atomic mass is 9.57. The van der Waals surface area contributed by atoms with E-state index in [4.69, 9.17) is 10.5 Å². The van der Waals surface area contributed by atoms with Crippen LogP contribution in [0.3, 0.4) is 0 Å². The third-order valence-corrected chi connectivity index (χ3v) is 8.81. The standard InChI is InChI=1S/C31H32F3N3O8/c1-37(2)24-18-10-14-9-17-15(16-8-13(4-7-20(16)45-3)11-36-12-30(32,33)34)5-6-19(38)22(17)25(39)21(14)27(41)31(18,44)28(42)23(26(24)40)29(35)43/h4-8,14,18,24,36,38-39,42,44H,9-12H2,1-3H3,(H2,35,43)/t14-,18-,24?,31-/m1/s1. The molecular weight excluding hydrogens is 599 g/mol. The third kappa shape index (κ3) is 5.12. The van der Waals surface area contributed by atoms with Gasteiger partial charge in [0, 0.05) is 23.6 Å². The number of methoxy groups -OCH3 is 1. The lowest BCUT2D eigenvalue weighted by Crippen LogP contribution is -2.65. The zero-order valence-corrected chi connectivity index (χ0v) is 24.5. The monoisotopic (exact) mass is 631 g/mol. The average Bonchev–Trinajstić information content (AvgIpc) is 2.94. The minimum atomic E-state index is -4.40. The van der Waals surface area contributed by atoms with Gasteiger partial charge in [0.25, 0.3) is 5.91 Å². The SMILES string of the molecule is COc1ccc(CNCC(F)(F)F)cc1-c1ccc(O)c2c1C[C@@H]1C[C@@H]3C(N(C)C)C(=O)C(C(N)=O)=C(O)[C@]3(O)C(=O)C1=C2O. The van der Waals surface area contributed by atoms with E-state index >= 15 is 0 Å². The maximum Gasteiger partial charge on any atom is 0.401 e. The van der Waals surface area contributed by atoms with E-state index in [1.807, 2.05) is 0 Å². The molecule has 0 radical (unpaired) electrons. The van der Waals surface area contributed by atoms with Gasteiger partial charge < -0.3 is 36.2 Å². The smallest absolute Gasteiger partial charge is 0.401 e. The number of phenolic OH excluding ortho intramolecular Hbond substituents is 1. The fourth-order valence-corrected chi connectivity index (χ4v) is 6.92. The number of rotatable bonds is 7. The molecule has 240 valence electrons. The molecule has 45 heavy (non-hydrogen) atoms. The van der Waals surface area contributed by atoms with Crippen LogP contribution in [-0.2, 0) is 27.3 Å². The highest BCUT2D eigenvalue weighted by Gasteiger charge is 2.64. The van der Waals surface area contributed by atoms with E-state index in [1.165, 1.54) is 32.2 Å². The first-order valence-electron chi connectivity index (χ1n) is 14.0. The van der Waals surface area contributed by atoms with Gasteiger partial charge in [-0.25, -0.2) is 0 Å². The van der Waals surface area contributed by atoms with Crippen molar-refractivity contribution in [3.05, 3.63) is 63.9 Å². The number of aliphatic hydroxyl groups is 3. The van der Waals surface area contributed by atoms with Crippen LogP contribution in [0.4, 0.5) is 13.2 Å². The highest BCUT2D eigenvalue weighted by Crippen LogP contribution is 2.54. The Bertz CT molecular complexity index is 1680. The van der Waals surface area contributed by atoms with Crippen molar-refractivity contribution in [3.63, 3.8) is 0 Å². The number of aromatic hydroxyl groups is 1. The van der Waals surface area contributed by atoms with Crippen LogP contribution in [0, 0.1) is 11.8 Å². The molecule has 1 amide bonds. The van der Waals surface area contributed by atoms with E-state index in [0.29, 0.717) is 28.0 Å². The van der Waals surface area contributed by atoms with Crippen molar-refractivity contribution in [2.75, 3.05) is 27.7 Å². The second kappa shape index (κ2) is 11.2.